The highest BCUT2D eigenvalue weighted by molar-refractivity contribution is 5.86. The van der Waals surface area contributed by atoms with E-state index in [1.54, 1.807) is 48.5 Å². The summed E-state index contributed by atoms with van der Waals surface area (Å²) in [5.74, 6) is -1.59. The molecule has 7 nitrogen and oxygen atoms in total. The molecule has 0 saturated carbocycles. The zero-order chi connectivity index (χ0) is 18.0. The first-order valence-electron chi connectivity index (χ1n) is 7.81. The summed E-state index contributed by atoms with van der Waals surface area (Å²) in [4.78, 5) is 36.3. The first kappa shape index (κ1) is 19.4. The number of hydrogen-bond donors (Lipinski definition) is 1. The minimum atomic E-state index is -0.663. The largest absolute Gasteiger partial charge is 0.459 e. The molecule has 2 atom stereocenters. The Morgan fingerprint density at radius 2 is 1.65 bits per heavy atom. The molecule has 0 spiro atoms. The average Bonchev–Trinajstić information content (AvgIpc) is 2.29. The second-order valence-corrected chi connectivity index (χ2v) is 7.86. The van der Waals surface area contributed by atoms with Gasteiger partial charge in [0.1, 0.15) is 23.8 Å². The smallest absolute Gasteiger partial charge is 0.327 e. The van der Waals surface area contributed by atoms with Crippen molar-refractivity contribution in [2.45, 2.75) is 72.1 Å². The summed E-state index contributed by atoms with van der Waals surface area (Å²) in [6.45, 7) is 12.1. The fourth-order valence-electron chi connectivity index (χ4n) is 2.17. The fraction of sp³-hybridized carbons (Fsp3) is 0.812. The molecule has 1 N–H and O–H groups in total. The zero-order valence-electron chi connectivity index (χ0n) is 15.1. The van der Waals surface area contributed by atoms with Crippen molar-refractivity contribution < 1.29 is 23.9 Å². The van der Waals surface area contributed by atoms with Gasteiger partial charge in [0.15, 0.2) is 0 Å². The second kappa shape index (κ2) is 6.86. The lowest BCUT2D eigenvalue weighted by Crippen LogP contribution is -2.60. The second-order valence-electron chi connectivity index (χ2n) is 7.86. The van der Waals surface area contributed by atoms with Gasteiger partial charge in [-0.15, -0.1) is 0 Å². The van der Waals surface area contributed by atoms with E-state index in [-0.39, 0.29) is 18.4 Å². The van der Waals surface area contributed by atoms with Crippen molar-refractivity contribution in [3.05, 3.63) is 0 Å². The van der Waals surface area contributed by atoms with E-state index < -0.39 is 29.2 Å². The summed E-state index contributed by atoms with van der Waals surface area (Å²) in [6.07, 6.45) is 0.332. The van der Waals surface area contributed by atoms with Gasteiger partial charge in [0.2, 0.25) is 5.91 Å². The van der Waals surface area contributed by atoms with Crippen molar-refractivity contribution in [2.75, 3.05) is 6.54 Å². The van der Waals surface area contributed by atoms with E-state index in [4.69, 9.17) is 9.47 Å². The lowest BCUT2D eigenvalue weighted by molar-refractivity contribution is -0.170. The number of hydrogen-bond acceptors (Lipinski definition) is 6. The van der Waals surface area contributed by atoms with Crippen molar-refractivity contribution in [3.63, 3.8) is 0 Å². The molecule has 0 aromatic heterocycles. The number of hydrazine groups is 1. The van der Waals surface area contributed by atoms with Crippen molar-refractivity contribution in [1.29, 1.82) is 0 Å². The number of esters is 2. The number of amides is 1. The molecule has 1 saturated heterocycles. The van der Waals surface area contributed by atoms with Gasteiger partial charge in [0, 0.05) is 5.92 Å². The van der Waals surface area contributed by atoms with Crippen LogP contribution in [0.1, 0.15) is 54.9 Å². The maximum absolute atomic E-state index is 12.2. The van der Waals surface area contributed by atoms with Crippen LogP contribution < -0.4 is 5.43 Å². The third-order valence-electron chi connectivity index (χ3n) is 2.99. The van der Waals surface area contributed by atoms with Gasteiger partial charge in [-0.2, -0.15) is 0 Å². The number of carbonyl (C=O) groups excluding carboxylic acids is 3. The van der Waals surface area contributed by atoms with Crippen LogP contribution in [0.5, 0.6) is 0 Å². The summed E-state index contributed by atoms with van der Waals surface area (Å²) < 4.78 is 10.6. The highest BCUT2D eigenvalue weighted by atomic mass is 16.6. The van der Waals surface area contributed by atoms with Crippen LogP contribution in [0.3, 0.4) is 0 Å². The molecule has 132 valence electrons. The van der Waals surface area contributed by atoms with Gasteiger partial charge < -0.3 is 9.47 Å². The van der Waals surface area contributed by atoms with Crippen LogP contribution in [0.15, 0.2) is 0 Å². The quantitative estimate of drug-likeness (QED) is 0.789. The lowest BCUT2D eigenvalue weighted by Gasteiger charge is -2.36. The first-order valence-corrected chi connectivity index (χ1v) is 7.81. The average molecular weight is 328 g/mol. The summed E-state index contributed by atoms with van der Waals surface area (Å²) in [6, 6.07) is -0.663. The molecule has 1 fully saturated rings. The molecule has 1 rings (SSSR count). The van der Waals surface area contributed by atoms with E-state index in [9.17, 15) is 14.4 Å². The monoisotopic (exact) mass is 328 g/mol. The number of rotatable bonds is 3. The molecule has 7 heteroatoms. The number of nitrogens with one attached hydrogen (secondary N) is 1. The Kier molecular flexibility index (Phi) is 5.79. The van der Waals surface area contributed by atoms with E-state index in [1.165, 1.54) is 0 Å². The predicted octanol–water partition coefficient (Wildman–Crippen LogP) is 1.41. The van der Waals surface area contributed by atoms with Gasteiger partial charge in [-0.25, -0.2) is 5.43 Å². The predicted molar refractivity (Wildman–Crippen MR) is 84.1 cm³/mol. The Morgan fingerprint density at radius 1 is 1.13 bits per heavy atom. The van der Waals surface area contributed by atoms with Crippen LogP contribution in [0.2, 0.25) is 0 Å². The zero-order valence-corrected chi connectivity index (χ0v) is 15.1. The third-order valence-corrected chi connectivity index (χ3v) is 2.99. The lowest BCUT2D eigenvalue weighted by atomic mass is 9.98. The van der Waals surface area contributed by atoms with E-state index in [0.29, 0.717) is 6.42 Å². The molecule has 0 aromatic rings. The van der Waals surface area contributed by atoms with Gasteiger partial charge in [-0.3, -0.25) is 19.4 Å². The van der Waals surface area contributed by atoms with Crippen LogP contribution in [0.4, 0.5) is 0 Å². The highest BCUT2D eigenvalue weighted by Crippen LogP contribution is 2.19. The maximum Gasteiger partial charge on any atom is 0.327 e. The van der Waals surface area contributed by atoms with Crippen molar-refractivity contribution in [1.82, 2.24) is 10.4 Å². The Morgan fingerprint density at radius 3 is 2.13 bits per heavy atom. The molecule has 1 amide bonds. The molecular weight excluding hydrogens is 300 g/mol. The van der Waals surface area contributed by atoms with Crippen LogP contribution in [-0.4, -0.2) is 46.6 Å². The van der Waals surface area contributed by atoms with E-state index >= 15 is 0 Å². The number of nitrogens with zero attached hydrogens (tertiary/aromatic N) is 1. The number of carbonyl (C=O) groups is 3. The molecule has 0 radical (unpaired) electrons. The molecule has 0 aliphatic carbocycles. The van der Waals surface area contributed by atoms with Gasteiger partial charge in [0.05, 0.1) is 0 Å². The molecular formula is C16H28N2O5. The molecule has 0 unspecified atom stereocenters. The van der Waals surface area contributed by atoms with E-state index in [0.717, 1.165) is 5.01 Å². The van der Waals surface area contributed by atoms with Crippen LogP contribution >= 0.6 is 0 Å². The van der Waals surface area contributed by atoms with E-state index in [1.807, 2.05) is 0 Å². The SMILES string of the molecule is C[C@@H]1C[C@H](C(=O)OC(C)(C)C)NN(CC(=O)OC(C)(C)C)C1=O. The molecule has 1 aliphatic heterocycles. The summed E-state index contributed by atoms with van der Waals surface area (Å²) >= 11 is 0. The topological polar surface area (TPSA) is 84.9 Å². The number of ether oxygens (including phenoxy) is 2. The van der Waals surface area contributed by atoms with Crippen molar-refractivity contribution >= 4 is 17.8 Å². The highest BCUT2D eigenvalue weighted by Gasteiger charge is 2.38. The normalized spacial score (nSPS) is 22.7. The summed E-state index contributed by atoms with van der Waals surface area (Å²) in [7, 11) is 0. The third kappa shape index (κ3) is 6.56. The van der Waals surface area contributed by atoms with Crippen LogP contribution in [0, 0.1) is 5.92 Å². The Bertz CT molecular complexity index is 476. The summed E-state index contributed by atoms with van der Waals surface area (Å²) in [5.41, 5.74) is 1.54. The molecule has 1 aliphatic rings. The molecule has 0 aromatic carbocycles. The van der Waals surface area contributed by atoms with Crippen molar-refractivity contribution in [3.8, 4) is 0 Å². The summed E-state index contributed by atoms with van der Waals surface area (Å²) in [5, 5.41) is 1.15. The van der Waals surface area contributed by atoms with Gasteiger partial charge in [-0.1, -0.05) is 6.92 Å². The molecule has 1 heterocycles. The minimum Gasteiger partial charge on any atom is -0.459 e. The maximum atomic E-state index is 12.2. The minimum absolute atomic E-state index is 0.240. The van der Waals surface area contributed by atoms with E-state index in [2.05, 4.69) is 5.43 Å². The van der Waals surface area contributed by atoms with Crippen LogP contribution in [0.25, 0.3) is 0 Å². The molecule has 0 bridgehead atoms. The van der Waals surface area contributed by atoms with Gasteiger partial charge in [-0.05, 0) is 48.0 Å². The van der Waals surface area contributed by atoms with Gasteiger partial charge in [0.25, 0.3) is 0 Å². The van der Waals surface area contributed by atoms with Gasteiger partial charge >= 0.3 is 11.9 Å². The van der Waals surface area contributed by atoms with Crippen LogP contribution in [-0.2, 0) is 23.9 Å². The Balaban J connectivity index is 2.74. The molecule has 23 heavy (non-hydrogen) atoms. The van der Waals surface area contributed by atoms with Crippen molar-refractivity contribution in [2.24, 2.45) is 5.92 Å². The first-order chi connectivity index (χ1) is 10.3. The standard InChI is InChI=1S/C16H28N2O5/c1-10-8-11(14(21)23-16(5,6)7)17-18(13(10)20)9-12(19)22-15(2,3)4/h10-11,17H,8-9H2,1-7H3/t10-,11-/m1/s1. The Hall–Kier alpha value is -1.63. The fourth-order valence-corrected chi connectivity index (χ4v) is 2.17. The Labute approximate surface area is 137 Å².